The fraction of sp³-hybridized carbons (Fsp3) is 0.650. The molecule has 0 spiro atoms. The second-order valence-electron chi connectivity index (χ2n) is 7.36. The van der Waals surface area contributed by atoms with Gasteiger partial charge in [0.15, 0.2) is 0 Å². The van der Waals surface area contributed by atoms with Crippen LogP contribution in [0.5, 0.6) is 5.75 Å². The average Bonchev–Trinajstić information content (AvgIpc) is 2.61. The van der Waals surface area contributed by atoms with Crippen LogP contribution in [0.25, 0.3) is 0 Å². The third-order valence-corrected chi connectivity index (χ3v) is 5.25. The van der Waals surface area contributed by atoms with Gasteiger partial charge in [0.05, 0.1) is 19.3 Å². The summed E-state index contributed by atoms with van der Waals surface area (Å²) in [6, 6.07) is 8.17. The molecule has 0 bridgehead atoms. The summed E-state index contributed by atoms with van der Waals surface area (Å²) in [7, 11) is 1.72. The Balaban J connectivity index is 1.52. The van der Waals surface area contributed by atoms with Crippen LogP contribution in [0.2, 0.25) is 0 Å². The molecule has 2 heterocycles. The number of morpholine rings is 1. The predicted molar refractivity (Wildman–Crippen MR) is 97.6 cm³/mol. The Hall–Kier alpha value is -1.59. The number of para-hydroxylation sites is 1. The van der Waals surface area contributed by atoms with Crippen molar-refractivity contribution in [3.05, 3.63) is 29.8 Å². The van der Waals surface area contributed by atoms with Gasteiger partial charge in [-0.05, 0) is 45.8 Å². The lowest BCUT2D eigenvalue weighted by atomic mass is 9.94. The van der Waals surface area contributed by atoms with Gasteiger partial charge < -0.3 is 14.4 Å². The van der Waals surface area contributed by atoms with E-state index in [4.69, 9.17) is 9.47 Å². The molecule has 1 aromatic carbocycles. The molecule has 0 unspecified atom stereocenters. The maximum absolute atomic E-state index is 12.8. The van der Waals surface area contributed by atoms with Crippen molar-refractivity contribution >= 4 is 5.91 Å². The van der Waals surface area contributed by atoms with E-state index in [1.807, 2.05) is 30.9 Å². The van der Waals surface area contributed by atoms with Crippen LogP contribution in [0.1, 0.15) is 32.3 Å². The zero-order valence-electron chi connectivity index (χ0n) is 15.6. The first-order chi connectivity index (χ1) is 12.1. The number of ether oxygens (including phenoxy) is 2. The Morgan fingerprint density at radius 3 is 2.44 bits per heavy atom. The highest BCUT2D eigenvalue weighted by Gasteiger charge is 2.32. The number of piperidine rings is 1. The van der Waals surface area contributed by atoms with Crippen molar-refractivity contribution in [2.75, 3.05) is 33.3 Å². The molecule has 1 aromatic rings. The van der Waals surface area contributed by atoms with E-state index in [9.17, 15) is 4.79 Å². The van der Waals surface area contributed by atoms with Crippen molar-refractivity contribution in [2.24, 2.45) is 5.92 Å². The molecule has 0 aliphatic carbocycles. The lowest BCUT2D eigenvalue weighted by Crippen LogP contribution is -2.51. The SMILES string of the molecule is COc1ccccc1CN1CCC(C(=O)N2C[C@@H](C)O[C@H](C)C2)CC1. The minimum Gasteiger partial charge on any atom is -0.496 e. The number of benzene rings is 1. The standard InChI is InChI=1S/C20H30N2O3/c1-15-12-22(13-16(2)25-15)20(23)17-8-10-21(11-9-17)14-18-6-4-5-7-19(18)24-3/h4-7,15-17H,8-14H2,1-3H3/t15-,16-/m1/s1. The van der Waals surface area contributed by atoms with Gasteiger partial charge in [0.1, 0.15) is 5.75 Å². The van der Waals surface area contributed by atoms with Crippen LogP contribution >= 0.6 is 0 Å². The summed E-state index contributed by atoms with van der Waals surface area (Å²) in [5.74, 6) is 1.42. The summed E-state index contributed by atoms with van der Waals surface area (Å²) >= 11 is 0. The van der Waals surface area contributed by atoms with E-state index in [1.165, 1.54) is 5.56 Å². The number of methoxy groups -OCH3 is 1. The third kappa shape index (κ3) is 4.53. The molecule has 2 fully saturated rings. The zero-order chi connectivity index (χ0) is 17.8. The molecule has 0 radical (unpaired) electrons. The van der Waals surface area contributed by atoms with E-state index >= 15 is 0 Å². The van der Waals surface area contributed by atoms with E-state index in [-0.39, 0.29) is 18.1 Å². The highest BCUT2D eigenvalue weighted by Crippen LogP contribution is 2.25. The van der Waals surface area contributed by atoms with Crippen LogP contribution in [0.4, 0.5) is 0 Å². The second-order valence-corrected chi connectivity index (χ2v) is 7.36. The van der Waals surface area contributed by atoms with Gasteiger partial charge in [0.2, 0.25) is 5.91 Å². The van der Waals surface area contributed by atoms with Gasteiger partial charge in [-0.3, -0.25) is 9.69 Å². The molecule has 5 nitrogen and oxygen atoms in total. The number of amides is 1. The van der Waals surface area contributed by atoms with E-state index in [2.05, 4.69) is 17.0 Å². The van der Waals surface area contributed by atoms with E-state index in [1.54, 1.807) is 7.11 Å². The normalized spacial score (nSPS) is 25.8. The monoisotopic (exact) mass is 346 g/mol. The van der Waals surface area contributed by atoms with Crippen molar-refractivity contribution in [3.8, 4) is 5.75 Å². The Morgan fingerprint density at radius 2 is 1.80 bits per heavy atom. The second kappa shape index (κ2) is 8.19. The van der Waals surface area contributed by atoms with Gasteiger partial charge in [0.25, 0.3) is 0 Å². The molecular formula is C20H30N2O3. The fourth-order valence-electron chi connectivity index (χ4n) is 4.03. The molecule has 138 valence electrons. The van der Waals surface area contributed by atoms with Gasteiger partial charge >= 0.3 is 0 Å². The molecule has 2 aliphatic rings. The van der Waals surface area contributed by atoms with E-state index in [0.717, 1.165) is 51.3 Å². The number of rotatable bonds is 4. The van der Waals surface area contributed by atoms with Crippen LogP contribution in [-0.2, 0) is 16.1 Å². The van der Waals surface area contributed by atoms with Crippen molar-refractivity contribution in [1.82, 2.24) is 9.80 Å². The molecule has 0 saturated carbocycles. The minimum absolute atomic E-state index is 0.137. The van der Waals surface area contributed by atoms with Gasteiger partial charge in [-0.25, -0.2) is 0 Å². The van der Waals surface area contributed by atoms with Crippen molar-refractivity contribution in [3.63, 3.8) is 0 Å². The number of hydrogen-bond acceptors (Lipinski definition) is 4. The van der Waals surface area contributed by atoms with E-state index < -0.39 is 0 Å². The zero-order valence-corrected chi connectivity index (χ0v) is 15.6. The number of hydrogen-bond donors (Lipinski definition) is 0. The molecular weight excluding hydrogens is 316 g/mol. The van der Waals surface area contributed by atoms with Crippen molar-refractivity contribution < 1.29 is 14.3 Å². The molecule has 2 atom stereocenters. The fourth-order valence-corrected chi connectivity index (χ4v) is 4.03. The highest BCUT2D eigenvalue weighted by molar-refractivity contribution is 5.79. The topological polar surface area (TPSA) is 42.0 Å². The molecule has 3 rings (SSSR count). The summed E-state index contributed by atoms with van der Waals surface area (Å²) in [6.07, 6.45) is 2.15. The lowest BCUT2D eigenvalue weighted by Gasteiger charge is -2.39. The number of carbonyl (C=O) groups excluding carboxylic acids is 1. The Labute approximate surface area is 150 Å². The molecule has 0 N–H and O–H groups in total. The molecule has 0 aromatic heterocycles. The smallest absolute Gasteiger partial charge is 0.225 e. The summed E-state index contributed by atoms with van der Waals surface area (Å²) in [5, 5.41) is 0. The van der Waals surface area contributed by atoms with Crippen molar-refractivity contribution in [2.45, 2.75) is 45.4 Å². The minimum atomic E-state index is 0.137. The maximum atomic E-state index is 12.8. The summed E-state index contributed by atoms with van der Waals surface area (Å²) in [6.45, 7) is 8.36. The first kappa shape index (κ1) is 18.2. The predicted octanol–water partition coefficient (Wildman–Crippen LogP) is 2.54. The van der Waals surface area contributed by atoms with Crippen molar-refractivity contribution in [1.29, 1.82) is 0 Å². The van der Waals surface area contributed by atoms with Gasteiger partial charge in [-0.1, -0.05) is 18.2 Å². The summed E-state index contributed by atoms with van der Waals surface area (Å²) in [4.78, 5) is 17.3. The molecule has 5 heteroatoms. The number of likely N-dealkylation sites (tertiary alicyclic amines) is 1. The van der Waals surface area contributed by atoms with Gasteiger partial charge in [0, 0.05) is 31.1 Å². The summed E-state index contributed by atoms with van der Waals surface area (Å²) < 4.78 is 11.2. The Bertz CT molecular complexity index is 574. The molecule has 2 saturated heterocycles. The third-order valence-electron chi connectivity index (χ3n) is 5.25. The van der Waals surface area contributed by atoms with Gasteiger partial charge in [-0.2, -0.15) is 0 Å². The lowest BCUT2D eigenvalue weighted by molar-refractivity contribution is -0.148. The largest absolute Gasteiger partial charge is 0.496 e. The van der Waals surface area contributed by atoms with Crippen LogP contribution in [0, 0.1) is 5.92 Å². The van der Waals surface area contributed by atoms with Crippen LogP contribution < -0.4 is 4.74 Å². The average molecular weight is 346 g/mol. The number of nitrogens with zero attached hydrogens (tertiary/aromatic N) is 2. The molecule has 1 amide bonds. The number of carbonyl (C=O) groups is 1. The van der Waals surface area contributed by atoms with Crippen LogP contribution in [0.3, 0.4) is 0 Å². The van der Waals surface area contributed by atoms with Crippen LogP contribution in [-0.4, -0.2) is 61.2 Å². The van der Waals surface area contributed by atoms with Crippen LogP contribution in [0.15, 0.2) is 24.3 Å². The van der Waals surface area contributed by atoms with E-state index in [0.29, 0.717) is 5.91 Å². The Morgan fingerprint density at radius 1 is 1.16 bits per heavy atom. The first-order valence-corrected chi connectivity index (χ1v) is 9.35. The quantitative estimate of drug-likeness (QED) is 0.840. The molecule has 2 aliphatic heterocycles. The van der Waals surface area contributed by atoms with Gasteiger partial charge in [-0.15, -0.1) is 0 Å². The highest BCUT2D eigenvalue weighted by atomic mass is 16.5. The Kier molecular flexibility index (Phi) is 5.97. The maximum Gasteiger partial charge on any atom is 0.225 e. The summed E-state index contributed by atoms with van der Waals surface area (Å²) in [5.41, 5.74) is 1.21. The molecule has 25 heavy (non-hydrogen) atoms. The first-order valence-electron chi connectivity index (χ1n) is 9.35.